The molecule has 0 aliphatic heterocycles. The molecule has 16 heavy (non-hydrogen) atoms. The third kappa shape index (κ3) is 3.32. The summed E-state index contributed by atoms with van der Waals surface area (Å²) in [6, 6.07) is 2.41. The van der Waals surface area contributed by atoms with Gasteiger partial charge in [-0.2, -0.15) is 5.10 Å². The number of aryl methyl sites for hydroxylation is 2. The van der Waals surface area contributed by atoms with E-state index in [1.165, 1.54) is 5.69 Å². The Balaban J connectivity index is 2.53. The van der Waals surface area contributed by atoms with Gasteiger partial charge >= 0.3 is 0 Å². The summed E-state index contributed by atoms with van der Waals surface area (Å²) in [6.45, 7) is 10.2. The Kier molecular flexibility index (Phi) is 4.96. The Hall–Kier alpha value is -0.870. The number of nitrogens with zero attached hydrogens (tertiary/aromatic N) is 2. The van der Waals surface area contributed by atoms with Crippen molar-refractivity contribution in [2.75, 3.05) is 6.61 Å². The number of nitrogens with one attached hydrogen (secondary N) is 1. The average molecular weight is 225 g/mol. The van der Waals surface area contributed by atoms with Gasteiger partial charge in [-0.3, -0.25) is 4.68 Å². The molecule has 0 bridgehead atoms. The van der Waals surface area contributed by atoms with Crippen molar-refractivity contribution in [2.45, 2.75) is 46.8 Å². The molecule has 4 heteroatoms. The first-order valence-electron chi connectivity index (χ1n) is 5.96. The van der Waals surface area contributed by atoms with Gasteiger partial charge in [-0.15, -0.1) is 0 Å². The summed E-state index contributed by atoms with van der Waals surface area (Å²) >= 11 is 0. The predicted molar refractivity (Wildman–Crippen MR) is 65.2 cm³/mol. The second kappa shape index (κ2) is 6.01. The summed E-state index contributed by atoms with van der Waals surface area (Å²) < 4.78 is 2.01. The molecule has 1 heterocycles. The molecule has 2 atom stereocenters. The lowest BCUT2D eigenvalue weighted by atomic mass is 10.1. The smallest absolute Gasteiger partial charge is 0.0597 e. The molecule has 0 aromatic carbocycles. The zero-order chi connectivity index (χ0) is 12.1. The molecule has 0 spiro atoms. The van der Waals surface area contributed by atoms with E-state index in [0.29, 0.717) is 6.04 Å². The van der Waals surface area contributed by atoms with E-state index in [9.17, 15) is 0 Å². The van der Waals surface area contributed by atoms with Crippen molar-refractivity contribution in [3.63, 3.8) is 0 Å². The largest absolute Gasteiger partial charge is 0.396 e. The van der Waals surface area contributed by atoms with Gasteiger partial charge in [0.25, 0.3) is 0 Å². The zero-order valence-corrected chi connectivity index (χ0v) is 10.7. The zero-order valence-electron chi connectivity index (χ0n) is 10.7. The first-order valence-corrected chi connectivity index (χ1v) is 5.96. The van der Waals surface area contributed by atoms with Crippen molar-refractivity contribution in [2.24, 2.45) is 5.92 Å². The maximum absolute atomic E-state index is 9.05. The van der Waals surface area contributed by atoms with Crippen molar-refractivity contribution in [1.82, 2.24) is 15.1 Å². The third-order valence-corrected chi connectivity index (χ3v) is 3.03. The van der Waals surface area contributed by atoms with Gasteiger partial charge < -0.3 is 10.4 Å². The molecule has 92 valence electrons. The van der Waals surface area contributed by atoms with Crippen LogP contribution in [0, 0.1) is 12.8 Å². The molecule has 0 saturated carbocycles. The van der Waals surface area contributed by atoms with Crippen LogP contribution in [0.3, 0.4) is 0 Å². The van der Waals surface area contributed by atoms with Gasteiger partial charge in [-0.05, 0) is 32.8 Å². The predicted octanol–water partition coefficient (Wildman–Crippen LogP) is 1.32. The van der Waals surface area contributed by atoms with Gasteiger partial charge in [0.2, 0.25) is 0 Å². The van der Waals surface area contributed by atoms with E-state index in [1.807, 2.05) is 18.5 Å². The lowest BCUT2D eigenvalue weighted by Gasteiger charge is -2.19. The Morgan fingerprint density at radius 1 is 1.50 bits per heavy atom. The van der Waals surface area contributed by atoms with Crippen LogP contribution in [-0.2, 0) is 13.1 Å². The molecular formula is C12H23N3O. The lowest BCUT2D eigenvalue weighted by molar-refractivity contribution is 0.206. The molecule has 2 N–H and O–H groups in total. The lowest BCUT2D eigenvalue weighted by Crippen LogP contribution is -2.34. The normalized spacial score (nSPS) is 15.1. The maximum Gasteiger partial charge on any atom is 0.0597 e. The van der Waals surface area contributed by atoms with Gasteiger partial charge in [-0.25, -0.2) is 0 Å². The van der Waals surface area contributed by atoms with Crippen molar-refractivity contribution < 1.29 is 5.11 Å². The summed E-state index contributed by atoms with van der Waals surface area (Å²) in [6.07, 6.45) is 0. The second-order valence-corrected chi connectivity index (χ2v) is 4.42. The minimum absolute atomic E-state index is 0.222. The fourth-order valence-electron chi connectivity index (χ4n) is 1.64. The Labute approximate surface area is 97.7 Å². The first kappa shape index (κ1) is 13.2. The van der Waals surface area contributed by atoms with Crippen LogP contribution in [-0.4, -0.2) is 27.5 Å². The molecule has 1 aromatic rings. The van der Waals surface area contributed by atoms with Crippen LogP contribution < -0.4 is 5.32 Å². The molecule has 0 radical (unpaired) electrons. The number of aliphatic hydroxyl groups is 1. The number of hydrogen-bond acceptors (Lipinski definition) is 3. The van der Waals surface area contributed by atoms with Gasteiger partial charge in [0, 0.05) is 25.7 Å². The highest BCUT2D eigenvalue weighted by Gasteiger charge is 2.11. The molecule has 0 fully saturated rings. The fourth-order valence-corrected chi connectivity index (χ4v) is 1.64. The molecule has 0 aliphatic carbocycles. The van der Waals surface area contributed by atoms with E-state index in [-0.39, 0.29) is 12.5 Å². The minimum atomic E-state index is 0.222. The fraction of sp³-hybridized carbons (Fsp3) is 0.750. The molecular weight excluding hydrogens is 202 g/mol. The van der Waals surface area contributed by atoms with E-state index >= 15 is 0 Å². The van der Waals surface area contributed by atoms with Crippen LogP contribution in [0.2, 0.25) is 0 Å². The van der Waals surface area contributed by atoms with E-state index in [4.69, 9.17) is 5.11 Å². The number of aromatic nitrogens is 2. The quantitative estimate of drug-likeness (QED) is 0.767. The highest BCUT2D eigenvalue weighted by molar-refractivity contribution is 5.08. The highest BCUT2D eigenvalue weighted by atomic mass is 16.3. The second-order valence-electron chi connectivity index (χ2n) is 4.42. The molecule has 1 aromatic heterocycles. The van der Waals surface area contributed by atoms with E-state index in [0.717, 1.165) is 18.8 Å². The van der Waals surface area contributed by atoms with Crippen LogP contribution >= 0.6 is 0 Å². The summed E-state index contributed by atoms with van der Waals surface area (Å²) in [5, 5.41) is 16.9. The van der Waals surface area contributed by atoms with Crippen molar-refractivity contribution in [3.05, 3.63) is 17.5 Å². The Morgan fingerprint density at radius 3 is 2.75 bits per heavy atom. The van der Waals surface area contributed by atoms with E-state index < -0.39 is 0 Å². The van der Waals surface area contributed by atoms with Crippen molar-refractivity contribution in [3.8, 4) is 0 Å². The van der Waals surface area contributed by atoms with E-state index in [1.54, 1.807) is 0 Å². The van der Waals surface area contributed by atoms with Crippen LogP contribution in [0.15, 0.2) is 6.07 Å². The SMILES string of the molecule is CCn1nc(C)cc1CNC(C)C(C)CO. The number of aliphatic hydroxyl groups excluding tert-OH is 1. The number of rotatable bonds is 6. The molecule has 1 rings (SSSR count). The molecule has 0 saturated heterocycles. The first-order chi connectivity index (χ1) is 7.58. The Morgan fingerprint density at radius 2 is 2.19 bits per heavy atom. The highest BCUT2D eigenvalue weighted by Crippen LogP contribution is 2.06. The minimum Gasteiger partial charge on any atom is -0.396 e. The Bertz CT molecular complexity index is 322. The molecule has 0 aliphatic rings. The van der Waals surface area contributed by atoms with E-state index in [2.05, 4.69) is 30.3 Å². The monoisotopic (exact) mass is 225 g/mol. The van der Waals surface area contributed by atoms with Crippen LogP contribution in [0.5, 0.6) is 0 Å². The van der Waals surface area contributed by atoms with Crippen LogP contribution in [0.4, 0.5) is 0 Å². The molecule has 0 amide bonds. The number of hydrogen-bond donors (Lipinski definition) is 2. The molecule has 2 unspecified atom stereocenters. The van der Waals surface area contributed by atoms with Crippen LogP contribution in [0.25, 0.3) is 0 Å². The average Bonchev–Trinajstić information content (AvgIpc) is 2.65. The van der Waals surface area contributed by atoms with Crippen LogP contribution in [0.1, 0.15) is 32.2 Å². The summed E-state index contributed by atoms with van der Waals surface area (Å²) in [5.74, 6) is 0.277. The van der Waals surface area contributed by atoms with Gasteiger partial charge in [0.05, 0.1) is 11.4 Å². The summed E-state index contributed by atoms with van der Waals surface area (Å²) in [5.41, 5.74) is 2.26. The van der Waals surface area contributed by atoms with Gasteiger partial charge in [-0.1, -0.05) is 6.92 Å². The third-order valence-electron chi connectivity index (χ3n) is 3.03. The summed E-state index contributed by atoms with van der Waals surface area (Å²) in [7, 11) is 0. The van der Waals surface area contributed by atoms with Gasteiger partial charge in [0.1, 0.15) is 0 Å². The standard InChI is InChI=1S/C12H23N3O/c1-5-15-12(6-10(3)14-15)7-13-11(4)9(2)8-16/h6,9,11,13,16H,5,7-8H2,1-4H3. The topological polar surface area (TPSA) is 50.1 Å². The summed E-state index contributed by atoms with van der Waals surface area (Å²) in [4.78, 5) is 0. The van der Waals surface area contributed by atoms with Gasteiger partial charge in [0.15, 0.2) is 0 Å². The van der Waals surface area contributed by atoms with Crippen molar-refractivity contribution >= 4 is 0 Å². The molecule has 4 nitrogen and oxygen atoms in total. The van der Waals surface area contributed by atoms with Crippen molar-refractivity contribution in [1.29, 1.82) is 0 Å². The maximum atomic E-state index is 9.05.